The molecule has 1 aromatic heterocycles. The monoisotopic (exact) mass is 346 g/mol. The summed E-state index contributed by atoms with van der Waals surface area (Å²) in [7, 11) is 3.97. The number of hydrogen-bond donors (Lipinski definition) is 0. The van der Waals surface area contributed by atoms with Gasteiger partial charge in [-0.05, 0) is 41.8 Å². The average Bonchev–Trinajstić information content (AvgIpc) is 3.09. The Morgan fingerprint density at radius 2 is 1.91 bits per heavy atom. The van der Waals surface area contributed by atoms with Crippen molar-refractivity contribution in [3.05, 3.63) is 51.6 Å². The second kappa shape index (κ2) is 6.24. The van der Waals surface area contributed by atoms with Gasteiger partial charge in [0.05, 0.1) is 10.6 Å². The predicted octanol–water partition coefficient (Wildman–Crippen LogP) is 4.22. The van der Waals surface area contributed by atoms with Gasteiger partial charge in [0, 0.05) is 24.7 Å². The average molecular weight is 347 g/mol. The Bertz CT molecular complexity index is 733. The Morgan fingerprint density at radius 1 is 1.18 bits per heavy atom. The number of benzene rings is 1. The zero-order valence-corrected chi connectivity index (χ0v) is 14.6. The standard InChI is InChI=1S/C16H14N2OS3/c1-17(2)11-5-7-12(8-6-11)18-15(19)14(22-16(18)20)10-13-4-3-9-21-13/h3-10H,1-2H3. The van der Waals surface area contributed by atoms with Crippen molar-refractivity contribution in [2.24, 2.45) is 0 Å². The van der Waals surface area contributed by atoms with Crippen LogP contribution in [0.2, 0.25) is 0 Å². The van der Waals surface area contributed by atoms with Crippen LogP contribution in [0.4, 0.5) is 11.4 Å². The van der Waals surface area contributed by atoms with Crippen LogP contribution in [0.1, 0.15) is 4.88 Å². The predicted molar refractivity (Wildman–Crippen MR) is 101 cm³/mol. The van der Waals surface area contributed by atoms with E-state index >= 15 is 0 Å². The van der Waals surface area contributed by atoms with Crippen LogP contribution in [0.5, 0.6) is 0 Å². The first kappa shape index (κ1) is 15.3. The molecule has 2 aromatic rings. The highest BCUT2D eigenvalue weighted by Gasteiger charge is 2.33. The molecule has 3 rings (SSSR count). The van der Waals surface area contributed by atoms with Crippen molar-refractivity contribution < 1.29 is 4.79 Å². The molecule has 0 bridgehead atoms. The van der Waals surface area contributed by atoms with Crippen LogP contribution in [0.3, 0.4) is 0 Å². The van der Waals surface area contributed by atoms with E-state index in [9.17, 15) is 4.79 Å². The first-order valence-electron chi connectivity index (χ1n) is 6.65. The van der Waals surface area contributed by atoms with Crippen LogP contribution in [0.15, 0.2) is 46.7 Å². The molecule has 0 atom stereocenters. The molecule has 1 aliphatic heterocycles. The summed E-state index contributed by atoms with van der Waals surface area (Å²) < 4.78 is 0.574. The van der Waals surface area contributed by atoms with Gasteiger partial charge in [0.25, 0.3) is 5.91 Å². The minimum Gasteiger partial charge on any atom is -0.378 e. The second-order valence-electron chi connectivity index (χ2n) is 4.94. The molecule has 1 fully saturated rings. The number of carbonyl (C=O) groups is 1. The van der Waals surface area contributed by atoms with Crippen molar-refractivity contribution in [2.75, 3.05) is 23.9 Å². The molecule has 3 nitrogen and oxygen atoms in total. The fourth-order valence-corrected chi connectivity index (χ4v) is 4.11. The molecule has 0 unspecified atom stereocenters. The number of nitrogens with zero attached hydrogens (tertiary/aromatic N) is 2. The molecule has 22 heavy (non-hydrogen) atoms. The lowest BCUT2D eigenvalue weighted by Crippen LogP contribution is -2.27. The summed E-state index contributed by atoms with van der Waals surface area (Å²) in [6.45, 7) is 0. The van der Waals surface area contributed by atoms with Crippen LogP contribution in [-0.2, 0) is 4.79 Å². The molecule has 1 aromatic carbocycles. The van der Waals surface area contributed by atoms with Crippen molar-refractivity contribution in [1.29, 1.82) is 0 Å². The Balaban J connectivity index is 1.88. The van der Waals surface area contributed by atoms with Gasteiger partial charge in [0.2, 0.25) is 0 Å². The number of carbonyl (C=O) groups excluding carboxylic acids is 1. The topological polar surface area (TPSA) is 23.6 Å². The molecular weight excluding hydrogens is 332 g/mol. The molecule has 6 heteroatoms. The number of thiophene rings is 1. The Morgan fingerprint density at radius 3 is 2.50 bits per heavy atom. The minimum atomic E-state index is -0.0546. The molecule has 0 radical (unpaired) electrons. The molecule has 1 aliphatic rings. The normalized spacial score (nSPS) is 16.6. The van der Waals surface area contributed by atoms with Gasteiger partial charge in [0.1, 0.15) is 0 Å². The fraction of sp³-hybridized carbons (Fsp3) is 0.125. The van der Waals surface area contributed by atoms with E-state index in [0.29, 0.717) is 9.23 Å². The molecule has 1 amide bonds. The lowest BCUT2D eigenvalue weighted by atomic mass is 10.2. The maximum Gasteiger partial charge on any atom is 0.270 e. The summed E-state index contributed by atoms with van der Waals surface area (Å²) >= 11 is 8.33. The Labute approximate surface area is 143 Å². The summed E-state index contributed by atoms with van der Waals surface area (Å²) in [5, 5.41) is 1.99. The van der Waals surface area contributed by atoms with Crippen LogP contribution < -0.4 is 9.80 Å². The van der Waals surface area contributed by atoms with E-state index in [1.807, 2.05) is 66.8 Å². The highest BCUT2D eigenvalue weighted by Crippen LogP contribution is 2.36. The van der Waals surface area contributed by atoms with Crippen molar-refractivity contribution in [1.82, 2.24) is 0 Å². The van der Waals surface area contributed by atoms with Gasteiger partial charge >= 0.3 is 0 Å². The molecule has 1 saturated heterocycles. The van der Waals surface area contributed by atoms with Gasteiger partial charge in [-0.15, -0.1) is 11.3 Å². The van der Waals surface area contributed by atoms with Crippen LogP contribution in [-0.4, -0.2) is 24.3 Å². The summed E-state index contributed by atoms with van der Waals surface area (Å²) in [6.07, 6.45) is 1.90. The van der Waals surface area contributed by atoms with Gasteiger partial charge < -0.3 is 4.90 Å². The zero-order chi connectivity index (χ0) is 15.7. The third-order valence-electron chi connectivity index (χ3n) is 3.23. The third kappa shape index (κ3) is 2.95. The molecule has 112 valence electrons. The number of thioether (sulfide) groups is 1. The lowest BCUT2D eigenvalue weighted by molar-refractivity contribution is -0.113. The van der Waals surface area contributed by atoms with Gasteiger partial charge in [-0.2, -0.15) is 0 Å². The summed E-state index contributed by atoms with van der Waals surface area (Å²) in [4.78, 5) is 17.9. The molecule has 0 N–H and O–H groups in total. The van der Waals surface area contributed by atoms with Gasteiger partial charge in [-0.25, -0.2) is 0 Å². The number of amides is 1. The number of rotatable bonds is 3. The van der Waals surface area contributed by atoms with Crippen molar-refractivity contribution in [3.63, 3.8) is 0 Å². The van der Waals surface area contributed by atoms with Crippen LogP contribution >= 0.6 is 35.3 Å². The molecule has 0 aliphatic carbocycles. The van der Waals surface area contributed by atoms with E-state index in [1.165, 1.54) is 11.8 Å². The smallest absolute Gasteiger partial charge is 0.270 e. The van der Waals surface area contributed by atoms with E-state index in [0.717, 1.165) is 16.3 Å². The fourth-order valence-electron chi connectivity index (χ4n) is 2.09. The Kier molecular flexibility index (Phi) is 4.33. The summed E-state index contributed by atoms with van der Waals surface area (Å²) in [5.74, 6) is -0.0546. The minimum absolute atomic E-state index is 0.0546. The van der Waals surface area contributed by atoms with Gasteiger partial charge in [0.15, 0.2) is 4.32 Å². The zero-order valence-electron chi connectivity index (χ0n) is 12.1. The van der Waals surface area contributed by atoms with E-state index in [4.69, 9.17) is 12.2 Å². The largest absolute Gasteiger partial charge is 0.378 e. The Hall–Kier alpha value is -1.63. The lowest BCUT2D eigenvalue weighted by Gasteiger charge is -2.17. The molecule has 0 saturated carbocycles. The first-order valence-corrected chi connectivity index (χ1v) is 8.75. The SMILES string of the molecule is CN(C)c1ccc(N2C(=O)C(=Cc3cccs3)SC2=S)cc1. The number of thiocarbonyl (C=S) groups is 1. The number of hydrogen-bond acceptors (Lipinski definition) is 5. The summed E-state index contributed by atoms with van der Waals surface area (Å²) in [5.41, 5.74) is 1.89. The first-order chi connectivity index (χ1) is 10.6. The maximum absolute atomic E-state index is 12.6. The van der Waals surface area contributed by atoms with Crippen molar-refractivity contribution in [2.45, 2.75) is 0 Å². The third-order valence-corrected chi connectivity index (χ3v) is 5.36. The van der Waals surface area contributed by atoms with Crippen LogP contribution in [0, 0.1) is 0 Å². The van der Waals surface area contributed by atoms with E-state index in [1.54, 1.807) is 16.2 Å². The van der Waals surface area contributed by atoms with Gasteiger partial charge in [-0.1, -0.05) is 30.0 Å². The van der Waals surface area contributed by atoms with E-state index < -0.39 is 0 Å². The highest BCUT2D eigenvalue weighted by molar-refractivity contribution is 8.27. The second-order valence-corrected chi connectivity index (χ2v) is 7.60. The molecular formula is C16H14N2OS3. The van der Waals surface area contributed by atoms with Crippen molar-refractivity contribution in [3.8, 4) is 0 Å². The van der Waals surface area contributed by atoms with Gasteiger partial charge in [-0.3, -0.25) is 9.69 Å². The van der Waals surface area contributed by atoms with Crippen molar-refractivity contribution >= 4 is 63.0 Å². The summed E-state index contributed by atoms with van der Waals surface area (Å²) in [6, 6.07) is 11.8. The molecule has 0 spiro atoms. The highest BCUT2D eigenvalue weighted by atomic mass is 32.2. The maximum atomic E-state index is 12.6. The number of anilines is 2. The molecule has 2 heterocycles. The van der Waals surface area contributed by atoms with Crippen LogP contribution in [0.25, 0.3) is 6.08 Å². The van der Waals surface area contributed by atoms with E-state index in [2.05, 4.69) is 0 Å². The quantitative estimate of drug-likeness (QED) is 0.613. The van der Waals surface area contributed by atoms with E-state index in [-0.39, 0.29) is 5.91 Å².